The predicted octanol–water partition coefficient (Wildman–Crippen LogP) is 2.79. The number of carbonyl (C=O) groups is 2. The fraction of sp³-hybridized carbons (Fsp3) is 0.636. The lowest BCUT2D eigenvalue weighted by Crippen LogP contribution is -2.39. The van der Waals surface area contributed by atoms with Crippen molar-refractivity contribution >= 4 is 11.9 Å². The van der Waals surface area contributed by atoms with E-state index in [0.29, 0.717) is 23.5 Å². The van der Waals surface area contributed by atoms with Crippen molar-refractivity contribution in [3.8, 4) is 5.75 Å². The molecule has 1 saturated heterocycles. The first-order valence-electron chi connectivity index (χ1n) is 9.97. The summed E-state index contributed by atoms with van der Waals surface area (Å²) in [6, 6.07) is 8.63. The van der Waals surface area contributed by atoms with E-state index in [1.807, 2.05) is 24.3 Å². The molecule has 1 aliphatic carbocycles. The topological polar surface area (TPSA) is 107 Å². The molecular weight excluding hydrogens is 374 g/mol. The first kappa shape index (κ1) is 23.2. The summed E-state index contributed by atoms with van der Waals surface area (Å²) in [7, 11) is 0. The van der Waals surface area contributed by atoms with Crippen LogP contribution in [0.5, 0.6) is 5.75 Å². The molecule has 1 heterocycles. The van der Waals surface area contributed by atoms with Crippen LogP contribution in [0, 0.1) is 17.8 Å². The molecule has 0 spiro atoms. The number of fused-ring (bicyclic) bond motifs is 2. The average Bonchev–Trinajstić information content (AvgIpc) is 2.82. The molecule has 1 aliphatic heterocycles. The first-order valence-corrected chi connectivity index (χ1v) is 9.97. The predicted molar refractivity (Wildman–Crippen MR) is 109 cm³/mol. The molecule has 0 amide bonds. The number of rotatable bonds is 5. The number of ether oxygens (including phenoxy) is 1. The van der Waals surface area contributed by atoms with Gasteiger partial charge >= 0.3 is 11.9 Å². The first-order chi connectivity index (χ1) is 13.4. The normalized spacial score (nSPS) is 26.2. The molecular formula is C22H33NO6. The molecule has 1 saturated carbocycles. The molecule has 162 valence electrons. The van der Waals surface area contributed by atoms with E-state index in [9.17, 15) is 5.11 Å². The Kier molecular flexibility index (Phi) is 7.30. The fourth-order valence-electron chi connectivity index (χ4n) is 4.94. The molecule has 1 aromatic carbocycles. The van der Waals surface area contributed by atoms with Crippen LogP contribution in [-0.4, -0.2) is 64.0 Å². The molecule has 0 aromatic heterocycles. The highest BCUT2D eigenvalue weighted by atomic mass is 16.5. The third kappa shape index (κ3) is 7.01. The minimum atomic E-state index is -1.82. The van der Waals surface area contributed by atoms with E-state index in [2.05, 4.69) is 32.6 Å². The zero-order valence-corrected chi connectivity index (χ0v) is 17.7. The van der Waals surface area contributed by atoms with Gasteiger partial charge in [0.2, 0.25) is 0 Å². The summed E-state index contributed by atoms with van der Waals surface area (Å²) in [5.74, 6) is -2.81. The van der Waals surface area contributed by atoms with E-state index < -0.39 is 18.0 Å². The lowest BCUT2D eigenvalue weighted by molar-refractivity contribution is -0.159. The summed E-state index contributed by atoms with van der Waals surface area (Å²) in [5, 5.41) is 25.2. The lowest BCUT2D eigenvalue weighted by Gasteiger charge is -2.40. The van der Waals surface area contributed by atoms with Crippen molar-refractivity contribution in [1.29, 1.82) is 0 Å². The van der Waals surface area contributed by atoms with Crippen LogP contribution in [0.3, 0.4) is 0 Å². The molecule has 3 atom stereocenters. The number of likely N-dealkylation sites (tertiary alicyclic amines) is 1. The summed E-state index contributed by atoms with van der Waals surface area (Å²) in [4.78, 5) is 20.7. The number of aryl methyl sites for hydroxylation is 1. The van der Waals surface area contributed by atoms with Gasteiger partial charge in [-0.2, -0.15) is 0 Å². The maximum absolute atomic E-state index is 10.4. The molecule has 1 aromatic rings. The SMILES string of the molecule is Cc1ccc(OCC(O)CN2CC3(C)CC2CC(C)(C)C3)cc1.O=C(O)C(=O)O. The van der Waals surface area contributed by atoms with Gasteiger partial charge in [0, 0.05) is 19.1 Å². The van der Waals surface area contributed by atoms with Crippen molar-refractivity contribution in [2.45, 2.75) is 59.1 Å². The smallest absolute Gasteiger partial charge is 0.414 e. The second-order valence-electron chi connectivity index (χ2n) is 9.53. The molecule has 2 aliphatic rings. The zero-order chi connectivity index (χ0) is 21.8. The number of hydrogen-bond acceptors (Lipinski definition) is 5. The summed E-state index contributed by atoms with van der Waals surface area (Å²) in [5.41, 5.74) is 2.07. The third-order valence-corrected chi connectivity index (χ3v) is 5.61. The van der Waals surface area contributed by atoms with E-state index in [4.69, 9.17) is 24.5 Å². The van der Waals surface area contributed by atoms with Gasteiger partial charge in [0.1, 0.15) is 18.5 Å². The van der Waals surface area contributed by atoms with Crippen molar-refractivity contribution in [2.75, 3.05) is 19.7 Å². The molecule has 2 bridgehead atoms. The summed E-state index contributed by atoms with van der Waals surface area (Å²) < 4.78 is 5.73. The van der Waals surface area contributed by atoms with E-state index >= 15 is 0 Å². The van der Waals surface area contributed by atoms with Crippen LogP contribution >= 0.6 is 0 Å². The fourth-order valence-corrected chi connectivity index (χ4v) is 4.94. The monoisotopic (exact) mass is 407 g/mol. The zero-order valence-electron chi connectivity index (χ0n) is 17.7. The van der Waals surface area contributed by atoms with Gasteiger partial charge in [-0.25, -0.2) is 9.59 Å². The highest BCUT2D eigenvalue weighted by molar-refractivity contribution is 6.27. The quantitative estimate of drug-likeness (QED) is 0.644. The van der Waals surface area contributed by atoms with Gasteiger partial charge in [0.15, 0.2) is 0 Å². The molecule has 7 nitrogen and oxygen atoms in total. The molecule has 7 heteroatoms. The number of aliphatic hydroxyl groups excluding tert-OH is 1. The maximum atomic E-state index is 10.4. The summed E-state index contributed by atoms with van der Waals surface area (Å²) >= 11 is 0. The number of aliphatic hydroxyl groups is 1. The van der Waals surface area contributed by atoms with Gasteiger partial charge in [-0.1, -0.05) is 38.5 Å². The number of benzene rings is 1. The van der Waals surface area contributed by atoms with Gasteiger partial charge in [-0.3, -0.25) is 4.90 Å². The van der Waals surface area contributed by atoms with Gasteiger partial charge in [-0.15, -0.1) is 0 Å². The number of nitrogens with zero attached hydrogens (tertiary/aromatic N) is 1. The van der Waals surface area contributed by atoms with Gasteiger partial charge in [0.05, 0.1) is 0 Å². The Morgan fingerprint density at radius 2 is 1.72 bits per heavy atom. The molecule has 3 unspecified atom stereocenters. The van der Waals surface area contributed by atoms with Crippen LogP contribution in [0.15, 0.2) is 24.3 Å². The van der Waals surface area contributed by atoms with E-state index in [1.54, 1.807) is 0 Å². The minimum Gasteiger partial charge on any atom is -0.491 e. The number of carboxylic acid groups (broad SMARTS) is 2. The molecule has 2 fully saturated rings. The second-order valence-corrected chi connectivity index (χ2v) is 9.53. The van der Waals surface area contributed by atoms with Crippen molar-refractivity contribution in [1.82, 2.24) is 4.90 Å². The van der Waals surface area contributed by atoms with Crippen LogP contribution in [0.4, 0.5) is 0 Å². The van der Waals surface area contributed by atoms with Gasteiger partial charge < -0.3 is 20.1 Å². The summed E-state index contributed by atoms with van der Waals surface area (Å²) in [6.45, 7) is 11.5. The average molecular weight is 408 g/mol. The number of β-amino-alcohol motifs (C(OH)–C–C–N with tert-alkyl or cyclic N) is 1. The highest BCUT2D eigenvalue weighted by Gasteiger charge is 2.49. The van der Waals surface area contributed by atoms with E-state index in [0.717, 1.165) is 18.8 Å². The molecule has 3 N–H and O–H groups in total. The third-order valence-electron chi connectivity index (χ3n) is 5.61. The largest absolute Gasteiger partial charge is 0.491 e. The Labute approximate surface area is 172 Å². The Morgan fingerprint density at radius 3 is 2.28 bits per heavy atom. The second kappa shape index (κ2) is 9.13. The Hall–Kier alpha value is -2.12. The van der Waals surface area contributed by atoms with Crippen molar-refractivity contribution < 1.29 is 29.6 Å². The lowest BCUT2D eigenvalue weighted by atomic mass is 9.65. The Bertz CT molecular complexity index is 705. The minimum absolute atomic E-state index is 0.367. The van der Waals surface area contributed by atoms with Crippen LogP contribution in [0.25, 0.3) is 0 Å². The Morgan fingerprint density at radius 1 is 1.14 bits per heavy atom. The van der Waals surface area contributed by atoms with Crippen LogP contribution in [-0.2, 0) is 9.59 Å². The van der Waals surface area contributed by atoms with Gasteiger partial charge in [0.25, 0.3) is 0 Å². The van der Waals surface area contributed by atoms with Crippen molar-refractivity contribution in [3.05, 3.63) is 29.8 Å². The van der Waals surface area contributed by atoms with E-state index in [-0.39, 0.29) is 0 Å². The van der Waals surface area contributed by atoms with E-state index in [1.165, 1.54) is 24.8 Å². The standard InChI is InChI=1S/C20H31NO2.C2H2O4/c1-15-5-7-18(8-6-15)23-12-17(22)11-21-14-20(4)10-16(21)9-19(2,3)13-20;3-1(4)2(5)6/h5-8,16-17,22H,9-14H2,1-4H3;(H,3,4)(H,5,6). The number of carboxylic acids is 2. The molecule has 0 radical (unpaired) electrons. The van der Waals surface area contributed by atoms with Crippen molar-refractivity contribution in [3.63, 3.8) is 0 Å². The van der Waals surface area contributed by atoms with Crippen LogP contribution in [0.1, 0.15) is 45.6 Å². The highest BCUT2D eigenvalue weighted by Crippen LogP contribution is 2.52. The Balaban J connectivity index is 0.000000438. The van der Waals surface area contributed by atoms with Crippen molar-refractivity contribution in [2.24, 2.45) is 10.8 Å². The van der Waals surface area contributed by atoms with Crippen LogP contribution < -0.4 is 4.74 Å². The molecule has 3 rings (SSSR count). The van der Waals surface area contributed by atoms with Gasteiger partial charge in [-0.05, 0) is 49.1 Å². The number of hydrogen-bond donors (Lipinski definition) is 3. The maximum Gasteiger partial charge on any atom is 0.414 e. The molecule has 29 heavy (non-hydrogen) atoms. The number of aliphatic carboxylic acids is 2. The summed E-state index contributed by atoms with van der Waals surface area (Å²) in [6.07, 6.45) is 3.39. The van der Waals surface area contributed by atoms with Crippen LogP contribution in [0.2, 0.25) is 0 Å².